The van der Waals surface area contributed by atoms with Gasteiger partial charge in [0.2, 0.25) is 5.91 Å². The number of piperidine rings is 2. The van der Waals surface area contributed by atoms with Gasteiger partial charge in [0, 0.05) is 50.3 Å². The first-order chi connectivity index (χ1) is 15.4. The number of benzene rings is 1. The number of likely N-dealkylation sites (N-methyl/N-ethyl adjacent to an activating group) is 1. The van der Waals surface area contributed by atoms with Gasteiger partial charge in [-0.3, -0.25) is 4.79 Å². The molecule has 0 saturated carbocycles. The lowest BCUT2D eigenvalue weighted by Gasteiger charge is -2.29. The van der Waals surface area contributed by atoms with E-state index in [4.69, 9.17) is 0 Å². The Balaban J connectivity index is 1.33. The Hall–Kier alpha value is -1.90. The third-order valence-corrected chi connectivity index (χ3v) is 9.83. The van der Waals surface area contributed by atoms with Crippen LogP contribution in [0.1, 0.15) is 49.0 Å². The monoisotopic (exact) mass is 475 g/mol. The number of sulfonamides is 1. The molecule has 174 valence electrons. The minimum absolute atomic E-state index is 0.00567. The summed E-state index contributed by atoms with van der Waals surface area (Å²) < 4.78 is 27.6. The van der Waals surface area contributed by atoms with Crippen LogP contribution < -0.4 is 4.90 Å². The van der Waals surface area contributed by atoms with Crippen molar-refractivity contribution in [2.75, 3.05) is 38.1 Å². The van der Waals surface area contributed by atoms with Gasteiger partial charge in [0.15, 0.2) is 0 Å². The molecule has 2 aliphatic rings. The lowest BCUT2D eigenvalue weighted by Crippen LogP contribution is -2.35. The number of anilines is 1. The summed E-state index contributed by atoms with van der Waals surface area (Å²) in [4.78, 5) is 17.7. The van der Waals surface area contributed by atoms with Crippen LogP contribution in [0.5, 0.6) is 0 Å². The molecule has 2 aromatic rings. The Kier molecular flexibility index (Phi) is 7.53. The van der Waals surface area contributed by atoms with Crippen molar-refractivity contribution in [1.82, 2.24) is 9.21 Å². The van der Waals surface area contributed by atoms with Crippen LogP contribution in [0.3, 0.4) is 0 Å². The molecule has 2 aliphatic heterocycles. The molecule has 8 heteroatoms. The minimum Gasteiger partial charge on any atom is -0.372 e. The number of nitrogens with zero attached hydrogens (tertiary/aromatic N) is 3. The van der Waals surface area contributed by atoms with Crippen LogP contribution in [-0.2, 0) is 27.8 Å². The third-order valence-electron chi connectivity index (χ3n) is 6.37. The smallest absolute Gasteiger partial charge is 0.252 e. The van der Waals surface area contributed by atoms with E-state index in [1.54, 1.807) is 28.4 Å². The molecule has 4 rings (SSSR count). The van der Waals surface area contributed by atoms with Gasteiger partial charge in [0.05, 0.1) is 6.42 Å². The van der Waals surface area contributed by atoms with Crippen LogP contribution in [-0.4, -0.2) is 56.8 Å². The van der Waals surface area contributed by atoms with Gasteiger partial charge in [0.1, 0.15) is 4.21 Å². The highest BCUT2D eigenvalue weighted by molar-refractivity contribution is 7.91. The van der Waals surface area contributed by atoms with E-state index in [0.29, 0.717) is 23.8 Å². The quantitative estimate of drug-likeness (QED) is 0.605. The molecule has 1 aromatic heterocycles. The lowest BCUT2D eigenvalue weighted by molar-refractivity contribution is -0.129. The fraction of sp³-hybridized carbons (Fsp3) is 0.542. The topological polar surface area (TPSA) is 60.9 Å². The van der Waals surface area contributed by atoms with E-state index in [1.807, 2.05) is 0 Å². The second kappa shape index (κ2) is 10.4. The molecular formula is C24H33N3O3S2. The van der Waals surface area contributed by atoms with Gasteiger partial charge in [-0.2, -0.15) is 4.31 Å². The third kappa shape index (κ3) is 5.53. The van der Waals surface area contributed by atoms with Gasteiger partial charge >= 0.3 is 0 Å². The molecule has 0 N–H and O–H groups in total. The maximum atomic E-state index is 12.8. The van der Waals surface area contributed by atoms with E-state index in [-0.39, 0.29) is 12.3 Å². The fourth-order valence-electron chi connectivity index (χ4n) is 4.43. The normalized spacial score (nSPS) is 18.0. The van der Waals surface area contributed by atoms with Crippen molar-refractivity contribution < 1.29 is 13.2 Å². The van der Waals surface area contributed by atoms with E-state index in [2.05, 4.69) is 29.2 Å². The minimum atomic E-state index is -3.44. The molecule has 6 nitrogen and oxygen atoms in total. The van der Waals surface area contributed by atoms with Gasteiger partial charge in [-0.15, -0.1) is 11.3 Å². The predicted molar refractivity (Wildman–Crippen MR) is 130 cm³/mol. The summed E-state index contributed by atoms with van der Waals surface area (Å²) in [6.07, 6.45) is 6.97. The highest BCUT2D eigenvalue weighted by atomic mass is 32.2. The van der Waals surface area contributed by atoms with Gasteiger partial charge in [-0.25, -0.2) is 8.42 Å². The maximum Gasteiger partial charge on any atom is 0.252 e. The van der Waals surface area contributed by atoms with Gasteiger partial charge in [-0.05, 0) is 61.9 Å². The predicted octanol–water partition coefficient (Wildman–Crippen LogP) is 4.11. The zero-order valence-corrected chi connectivity index (χ0v) is 20.5. The van der Waals surface area contributed by atoms with Crippen LogP contribution in [0.4, 0.5) is 5.69 Å². The number of carbonyl (C=O) groups excluding carboxylic acids is 1. The van der Waals surface area contributed by atoms with E-state index in [0.717, 1.165) is 42.8 Å². The molecule has 0 spiro atoms. The molecule has 1 amide bonds. The zero-order chi connectivity index (χ0) is 22.6. The highest BCUT2D eigenvalue weighted by Crippen LogP contribution is 2.28. The first-order valence-corrected chi connectivity index (χ1v) is 13.9. The van der Waals surface area contributed by atoms with Crippen LogP contribution in [0.15, 0.2) is 40.6 Å². The largest absolute Gasteiger partial charge is 0.372 e. The molecule has 2 saturated heterocycles. The van der Waals surface area contributed by atoms with Crippen LogP contribution >= 0.6 is 11.3 Å². The summed E-state index contributed by atoms with van der Waals surface area (Å²) in [7, 11) is -1.63. The Bertz CT molecular complexity index is 1010. The van der Waals surface area contributed by atoms with E-state index < -0.39 is 10.0 Å². The summed E-state index contributed by atoms with van der Waals surface area (Å²) in [5.74, 6) is -0.00567. The number of hydrogen-bond donors (Lipinski definition) is 0. The summed E-state index contributed by atoms with van der Waals surface area (Å²) in [6.45, 7) is 3.97. The Labute approximate surface area is 195 Å². The van der Waals surface area contributed by atoms with Gasteiger partial charge in [0.25, 0.3) is 10.0 Å². The zero-order valence-electron chi connectivity index (χ0n) is 18.8. The Morgan fingerprint density at radius 1 is 0.906 bits per heavy atom. The maximum absolute atomic E-state index is 12.8. The molecule has 32 heavy (non-hydrogen) atoms. The lowest BCUT2D eigenvalue weighted by atomic mass is 10.1. The standard InChI is InChI=1S/C24H33N3O3S2/c1-25(19-20-8-10-21(11-9-20)26-14-4-2-5-15-26)23(28)18-22-12-13-24(31-22)32(29,30)27-16-6-3-7-17-27/h8-13H,2-7,14-19H2,1H3. The van der Waals surface area contributed by atoms with Crippen LogP contribution in [0.2, 0.25) is 0 Å². The summed E-state index contributed by atoms with van der Waals surface area (Å²) in [6, 6.07) is 11.9. The SMILES string of the molecule is CN(Cc1ccc(N2CCCCC2)cc1)C(=O)Cc1ccc(S(=O)(=O)N2CCCCC2)s1. The van der Waals surface area contributed by atoms with E-state index >= 15 is 0 Å². The number of amides is 1. The number of carbonyl (C=O) groups is 1. The van der Waals surface area contributed by atoms with Crippen molar-refractivity contribution in [1.29, 1.82) is 0 Å². The Morgan fingerprint density at radius 3 is 2.19 bits per heavy atom. The first kappa shape index (κ1) is 23.3. The molecule has 2 fully saturated rings. The molecule has 0 atom stereocenters. The second-order valence-corrected chi connectivity index (χ2v) is 12.2. The van der Waals surface area contributed by atoms with Crippen molar-refractivity contribution in [3.8, 4) is 0 Å². The van der Waals surface area contributed by atoms with Gasteiger partial charge < -0.3 is 9.80 Å². The molecule has 0 aliphatic carbocycles. The van der Waals surface area contributed by atoms with Crippen LogP contribution in [0, 0.1) is 0 Å². The van der Waals surface area contributed by atoms with E-state index in [9.17, 15) is 13.2 Å². The average Bonchev–Trinajstić information content (AvgIpc) is 3.30. The number of thiophene rings is 1. The number of hydrogen-bond acceptors (Lipinski definition) is 5. The van der Waals surface area contributed by atoms with Crippen molar-refractivity contribution in [2.24, 2.45) is 0 Å². The fourth-order valence-corrected chi connectivity index (χ4v) is 7.45. The summed E-state index contributed by atoms with van der Waals surface area (Å²) >= 11 is 1.22. The van der Waals surface area contributed by atoms with E-state index in [1.165, 1.54) is 36.3 Å². The molecular weight excluding hydrogens is 442 g/mol. The van der Waals surface area contributed by atoms with Crippen molar-refractivity contribution >= 4 is 33.0 Å². The van der Waals surface area contributed by atoms with Crippen LogP contribution in [0.25, 0.3) is 0 Å². The molecule has 3 heterocycles. The van der Waals surface area contributed by atoms with Crippen molar-refractivity contribution in [3.05, 3.63) is 46.8 Å². The van der Waals surface area contributed by atoms with Crippen molar-refractivity contribution in [3.63, 3.8) is 0 Å². The molecule has 1 aromatic carbocycles. The second-order valence-electron chi connectivity index (χ2n) is 8.83. The summed E-state index contributed by atoms with van der Waals surface area (Å²) in [5.41, 5.74) is 2.35. The molecule has 0 radical (unpaired) electrons. The first-order valence-electron chi connectivity index (χ1n) is 11.6. The van der Waals surface area contributed by atoms with Crippen molar-refractivity contribution in [2.45, 2.75) is 55.7 Å². The molecule has 0 unspecified atom stereocenters. The van der Waals surface area contributed by atoms with Gasteiger partial charge in [-0.1, -0.05) is 18.6 Å². The average molecular weight is 476 g/mol. The Morgan fingerprint density at radius 2 is 1.53 bits per heavy atom. The number of rotatable bonds is 7. The summed E-state index contributed by atoms with van der Waals surface area (Å²) in [5, 5.41) is 0. The highest BCUT2D eigenvalue weighted by Gasteiger charge is 2.27. The molecule has 0 bridgehead atoms.